The van der Waals surface area contributed by atoms with Crippen LogP contribution in [-0.2, 0) is 9.53 Å². The average Bonchev–Trinajstić information content (AvgIpc) is 2.33. The van der Waals surface area contributed by atoms with Gasteiger partial charge in [-0.05, 0) is 19.8 Å². The third-order valence-corrected chi connectivity index (χ3v) is 2.12. The second-order valence-corrected chi connectivity index (χ2v) is 3.06. The van der Waals surface area contributed by atoms with Gasteiger partial charge in [0.15, 0.2) is 0 Å². The highest BCUT2D eigenvalue weighted by atomic mass is 16.5. The smallest absolute Gasteiger partial charge is 0.309 e. The Kier molecular flexibility index (Phi) is 3.05. The van der Waals surface area contributed by atoms with Crippen LogP contribution in [0, 0.1) is 5.92 Å². The molecule has 0 amide bonds. The summed E-state index contributed by atoms with van der Waals surface area (Å²) < 4.78 is 4.76. The van der Waals surface area contributed by atoms with Crippen LogP contribution in [0.2, 0.25) is 0 Å². The number of esters is 1. The van der Waals surface area contributed by atoms with Gasteiger partial charge in [0.1, 0.15) is 0 Å². The van der Waals surface area contributed by atoms with E-state index in [1.165, 1.54) is 0 Å². The van der Waals surface area contributed by atoms with Crippen molar-refractivity contribution in [3.05, 3.63) is 0 Å². The van der Waals surface area contributed by atoms with Crippen molar-refractivity contribution in [1.82, 2.24) is 0 Å². The molecule has 1 fully saturated rings. The number of rotatable bonds is 2. The molecule has 4 heteroatoms. The first-order valence-electron chi connectivity index (χ1n) is 4.18. The summed E-state index contributed by atoms with van der Waals surface area (Å²) in [5.74, 6) is -0.636. The van der Waals surface area contributed by atoms with Gasteiger partial charge in [-0.1, -0.05) is 0 Å². The summed E-state index contributed by atoms with van der Waals surface area (Å²) in [6, 6.07) is 0. The molecule has 1 aliphatic rings. The summed E-state index contributed by atoms with van der Waals surface area (Å²) >= 11 is 0. The number of carbonyl (C=O) groups is 1. The van der Waals surface area contributed by atoms with Crippen molar-refractivity contribution in [2.75, 3.05) is 6.61 Å². The molecule has 0 heterocycles. The molecule has 0 saturated heterocycles. The predicted octanol–water partition coefficient (Wildman–Crippen LogP) is -0.319. The minimum Gasteiger partial charge on any atom is -0.466 e. The Morgan fingerprint density at radius 1 is 1.42 bits per heavy atom. The Morgan fingerprint density at radius 3 is 2.33 bits per heavy atom. The van der Waals surface area contributed by atoms with Crippen LogP contribution in [0.5, 0.6) is 0 Å². The molecule has 2 unspecified atom stereocenters. The van der Waals surface area contributed by atoms with Crippen LogP contribution < -0.4 is 0 Å². The van der Waals surface area contributed by atoms with E-state index in [0.717, 1.165) is 0 Å². The van der Waals surface area contributed by atoms with Gasteiger partial charge in [-0.15, -0.1) is 0 Å². The van der Waals surface area contributed by atoms with E-state index in [9.17, 15) is 4.79 Å². The van der Waals surface area contributed by atoms with E-state index in [0.29, 0.717) is 19.4 Å². The standard InChI is InChI=1S/C8H14O4/c1-2-12-8(11)5-3-6(9)7(10)4-5/h5-7,9-10H,2-4H2,1H3. The molecule has 0 aliphatic heterocycles. The number of hydrogen-bond acceptors (Lipinski definition) is 4. The topological polar surface area (TPSA) is 66.8 Å². The lowest BCUT2D eigenvalue weighted by atomic mass is 10.1. The van der Waals surface area contributed by atoms with Crippen molar-refractivity contribution in [2.24, 2.45) is 5.92 Å². The maximum absolute atomic E-state index is 11.1. The zero-order valence-electron chi connectivity index (χ0n) is 7.06. The molecule has 4 nitrogen and oxygen atoms in total. The molecule has 1 rings (SSSR count). The molecule has 0 aromatic carbocycles. The maximum Gasteiger partial charge on any atom is 0.309 e. The monoisotopic (exact) mass is 174 g/mol. The van der Waals surface area contributed by atoms with E-state index in [-0.39, 0.29) is 11.9 Å². The van der Waals surface area contributed by atoms with Gasteiger partial charge >= 0.3 is 5.97 Å². The fraction of sp³-hybridized carbons (Fsp3) is 0.875. The van der Waals surface area contributed by atoms with E-state index in [2.05, 4.69) is 0 Å². The molecule has 0 aromatic heterocycles. The normalized spacial score (nSPS) is 35.1. The molecule has 0 radical (unpaired) electrons. The van der Waals surface area contributed by atoms with Crippen LogP contribution in [0.3, 0.4) is 0 Å². The van der Waals surface area contributed by atoms with Gasteiger partial charge in [0, 0.05) is 0 Å². The first kappa shape index (κ1) is 9.48. The SMILES string of the molecule is CCOC(=O)C1CC(O)C(O)C1. The molecule has 2 atom stereocenters. The lowest BCUT2D eigenvalue weighted by Crippen LogP contribution is -2.17. The minimum atomic E-state index is -0.764. The van der Waals surface area contributed by atoms with Crippen molar-refractivity contribution in [2.45, 2.75) is 32.0 Å². The molecule has 2 N–H and O–H groups in total. The highest BCUT2D eigenvalue weighted by molar-refractivity contribution is 5.72. The molecule has 1 saturated carbocycles. The maximum atomic E-state index is 11.1. The van der Waals surface area contributed by atoms with Gasteiger partial charge in [-0.2, -0.15) is 0 Å². The first-order valence-corrected chi connectivity index (χ1v) is 4.18. The van der Waals surface area contributed by atoms with Crippen LogP contribution in [0.25, 0.3) is 0 Å². The summed E-state index contributed by atoms with van der Waals surface area (Å²) in [4.78, 5) is 11.1. The van der Waals surface area contributed by atoms with Gasteiger partial charge < -0.3 is 14.9 Å². The number of aliphatic hydroxyl groups excluding tert-OH is 2. The van der Waals surface area contributed by atoms with Crippen LogP contribution in [0.4, 0.5) is 0 Å². The number of hydrogen-bond donors (Lipinski definition) is 2. The van der Waals surface area contributed by atoms with Gasteiger partial charge in [0.05, 0.1) is 24.7 Å². The van der Waals surface area contributed by atoms with Gasteiger partial charge in [0.25, 0.3) is 0 Å². The molecular formula is C8H14O4. The third-order valence-electron chi connectivity index (χ3n) is 2.12. The summed E-state index contributed by atoms with van der Waals surface area (Å²) in [5, 5.41) is 18.3. The average molecular weight is 174 g/mol. The van der Waals surface area contributed by atoms with E-state index in [1.54, 1.807) is 6.92 Å². The fourth-order valence-corrected chi connectivity index (χ4v) is 1.45. The van der Waals surface area contributed by atoms with E-state index >= 15 is 0 Å². The largest absolute Gasteiger partial charge is 0.466 e. The molecule has 0 aromatic rings. The molecule has 0 spiro atoms. The lowest BCUT2D eigenvalue weighted by Gasteiger charge is -2.06. The Labute approximate surface area is 71.2 Å². The highest BCUT2D eigenvalue weighted by Gasteiger charge is 2.36. The third kappa shape index (κ3) is 1.95. The number of ether oxygens (including phenoxy) is 1. The van der Waals surface area contributed by atoms with Crippen LogP contribution in [0.15, 0.2) is 0 Å². The van der Waals surface area contributed by atoms with Gasteiger partial charge in [0.2, 0.25) is 0 Å². The molecule has 12 heavy (non-hydrogen) atoms. The zero-order chi connectivity index (χ0) is 9.14. The highest BCUT2D eigenvalue weighted by Crippen LogP contribution is 2.26. The minimum absolute atomic E-state index is 0.312. The summed E-state index contributed by atoms with van der Waals surface area (Å²) in [5.41, 5.74) is 0. The van der Waals surface area contributed by atoms with Gasteiger partial charge in [-0.25, -0.2) is 0 Å². The number of carbonyl (C=O) groups excluding carboxylic acids is 1. The second-order valence-electron chi connectivity index (χ2n) is 3.06. The molecule has 0 bridgehead atoms. The Balaban J connectivity index is 2.40. The Morgan fingerprint density at radius 2 is 1.92 bits per heavy atom. The van der Waals surface area contributed by atoms with Crippen molar-refractivity contribution < 1.29 is 19.7 Å². The number of aliphatic hydroxyl groups is 2. The quantitative estimate of drug-likeness (QED) is 0.563. The van der Waals surface area contributed by atoms with E-state index < -0.39 is 12.2 Å². The van der Waals surface area contributed by atoms with Gasteiger partial charge in [-0.3, -0.25) is 4.79 Å². The van der Waals surface area contributed by atoms with Crippen molar-refractivity contribution in [1.29, 1.82) is 0 Å². The van der Waals surface area contributed by atoms with Crippen molar-refractivity contribution >= 4 is 5.97 Å². The van der Waals surface area contributed by atoms with Crippen LogP contribution in [-0.4, -0.2) is 35.0 Å². The fourth-order valence-electron chi connectivity index (χ4n) is 1.45. The van der Waals surface area contributed by atoms with Crippen molar-refractivity contribution in [3.63, 3.8) is 0 Å². The summed E-state index contributed by atoms with van der Waals surface area (Å²) in [6.07, 6.45) is -0.890. The lowest BCUT2D eigenvalue weighted by molar-refractivity contribution is -0.148. The Bertz CT molecular complexity index is 158. The molecular weight excluding hydrogens is 160 g/mol. The van der Waals surface area contributed by atoms with E-state index in [4.69, 9.17) is 14.9 Å². The summed E-state index contributed by atoms with van der Waals surface area (Å²) in [7, 11) is 0. The first-order chi connectivity index (χ1) is 5.65. The Hall–Kier alpha value is -0.610. The van der Waals surface area contributed by atoms with Crippen molar-refractivity contribution in [3.8, 4) is 0 Å². The van der Waals surface area contributed by atoms with Crippen LogP contribution in [0.1, 0.15) is 19.8 Å². The zero-order valence-corrected chi connectivity index (χ0v) is 7.06. The predicted molar refractivity (Wildman–Crippen MR) is 41.4 cm³/mol. The second kappa shape index (κ2) is 3.87. The van der Waals surface area contributed by atoms with Crippen LogP contribution >= 0.6 is 0 Å². The molecule has 70 valence electrons. The van der Waals surface area contributed by atoms with E-state index in [1.807, 2.05) is 0 Å². The molecule has 1 aliphatic carbocycles. The summed E-state index contributed by atoms with van der Waals surface area (Å²) in [6.45, 7) is 2.08.